The molecule has 132 valence electrons. The first-order valence-corrected chi connectivity index (χ1v) is 8.16. The second-order valence-electron chi connectivity index (χ2n) is 5.27. The molecule has 3 rings (SSSR count). The molecule has 0 saturated heterocycles. The van der Waals surface area contributed by atoms with E-state index >= 15 is 0 Å². The summed E-state index contributed by atoms with van der Waals surface area (Å²) >= 11 is 6.14. The van der Waals surface area contributed by atoms with Crippen LogP contribution in [0.5, 0.6) is 0 Å². The van der Waals surface area contributed by atoms with E-state index in [1.165, 1.54) is 13.3 Å². The van der Waals surface area contributed by atoms with E-state index in [-0.39, 0.29) is 0 Å². The SMILES string of the molecule is COC(=O)c1ccccc1Nc1cnnc(NCc2ccccc2Cl)n1. The lowest BCUT2D eigenvalue weighted by Gasteiger charge is -2.11. The van der Waals surface area contributed by atoms with Gasteiger partial charge in [0.25, 0.3) is 0 Å². The van der Waals surface area contributed by atoms with Gasteiger partial charge in [-0.1, -0.05) is 41.9 Å². The average Bonchev–Trinajstić information content (AvgIpc) is 2.67. The highest BCUT2D eigenvalue weighted by Gasteiger charge is 2.12. The molecule has 0 spiro atoms. The number of esters is 1. The maximum atomic E-state index is 11.8. The quantitative estimate of drug-likeness (QED) is 0.641. The Hall–Kier alpha value is -3.19. The van der Waals surface area contributed by atoms with Crippen molar-refractivity contribution in [3.05, 3.63) is 70.9 Å². The van der Waals surface area contributed by atoms with Crippen LogP contribution in [0.25, 0.3) is 0 Å². The highest BCUT2D eigenvalue weighted by atomic mass is 35.5. The van der Waals surface area contributed by atoms with Crippen molar-refractivity contribution < 1.29 is 9.53 Å². The largest absolute Gasteiger partial charge is 0.465 e. The van der Waals surface area contributed by atoms with Crippen LogP contribution in [0.1, 0.15) is 15.9 Å². The molecule has 0 bridgehead atoms. The molecule has 3 aromatic rings. The van der Waals surface area contributed by atoms with E-state index in [9.17, 15) is 4.79 Å². The number of methoxy groups -OCH3 is 1. The van der Waals surface area contributed by atoms with Gasteiger partial charge < -0.3 is 15.4 Å². The molecule has 0 atom stereocenters. The number of halogens is 1. The van der Waals surface area contributed by atoms with Gasteiger partial charge in [0.05, 0.1) is 24.6 Å². The zero-order valence-electron chi connectivity index (χ0n) is 13.9. The van der Waals surface area contributed by atoms with Crippen LogP contribution >= 0.6 is 11.6 Å². The van der Waals surface area contributed by atoms with Gasteiger partial charge in [0.15, 0.2) is 5.82 Å². The van der Waals surface area contributed by atoms with Crippen molar-refractivity contribution in [2.24, 2.45) is 0 Å². The third kappa shape index (κ3) is 4.25. The first-order chi connectivity index (χ1) is 12.7. The van der Waals surface area contributed by atoms with E-state index in [4.69, 9.17) is 16.3 Å². The summed E-state index contributed by atoms with van der Waals surface area (Å²) in [6.07, 6.45) is 1.47. The summed E-state index contributed by atoms with van der Waals surface area (Å²) in [5, 5.41) is 14.7. The van der Waals surface area contributed by atoms with Gasteiger partial charge in [-0.3, -0.25) is 0 Å². The van der Waals surface area contributed by atoms with Crippen molar-refractivity contribution in [2.45, 2.75) is 6.54 Å². The van der Waals surface area contributed by atoms with Crippen LogP contribution in [0.2, 0.25) is 5.02 Å². The summed E-state index contributed by atoms with van der Waals surface area (Å²) < 4.78 is 4.78. The lowest BCUT2D eigenvalue weighted by Crippen LogP contribution is -2.09. The number of benzene rings is 2. The van der Waals surface area contributed by atoms with E-state index < -0.39 is 5.97 Å². The summed E-state index contributed by atoms with van der Waals surface area (Å²) in [5.74, 6) is 0.343. The molecule has 7 nitrogen and oxygen atoms in total. The summed E-state index contributed by atoms with van der Waals surface area (Å²) in [7, 11) is 1.34. The molecule has 26 heavy (non-hydrogen) atoms. The van der Waals surface area contributed by atoms with E-state index in [1.807, 2.05) is 24.3 Å². The third-order valence-electron chi connectivity index (χ3n) is 3.55. The number of carbonyl (C=O) groups excluding carboxylic acids is 1. The molecular formula is C18H16ClN5O2. The molecule has 0 fully saturated rings. The summed E-state index contributed by atoms with van der Waals surface area (Å²) in [6.45, 7) is 0.462. The van der Waals surface area contributed by atoms with Crippen molar-refractivity contribution in [3.63, 3.8) is 0 Å². The minimum atomic E-state index is -0.438. The zero-order valence-corrected chi connectivity index (χ0v) is 14.7. The first kappa shape index (κ1) is 17.6. The monoisotopic (exact) mass is 369 g/mol. The molecule has 8 heteroatoms. The number of ether oxygens (including phenoxy) is 1. The third-order valence-corrected chi connectivity index (χ3v) is 3.92. The number of rotatable bonds is 6. The van der Waals surface area contributed by atoms with Crippen LogP contribution in [0, 0.1) is 0 Å². The van der Waals surface area contributed by atoms with Gasteiger partial charge in [0.2, 0.25) is 5.95 Å². The van der Waals surface area contributed by atoms with E-state index in [0.717, 1.165) is 5.56 Å². The summed E-state index contributed by atoms with van der Waals surface area (Å²) in [6, 6.07) is 14.5. The molecule has 2 aromatic carbocycles. The fourth-order valence-electron chi connectivity index (χ4n) is 2.27. The Labute approximate surface area is 155 Å². The minimum absolute atomic E-state index is 0.338. The van der Waals surface area contributed by atoms with Gasteiger partial charge in [-0.25, -0.2) is 4.79 Å². The van der Waals surface area contributed by atoms with E-state index in [2.05, 4.69) is 25.8 Å². The van der Waals surface area contributed by atoms with Gasteiger partial charge >= 0.3 is 5.97 Å². The number of para-hydroxylation sites is 1. The van der Waals surface area contributed by atoms with Crippen molar-refractivity contribution in [1.82, 2.24) is 15.2 Å². The fourth-order valence-corrected chi connectivity index (χ4v) is 2.48. The average molecular weight is 370 g/mol. The maximum Gasteiger partial charge on any atom is 0.339 e. The van der Waals surface area contributed by atoms with Crippen LogP contribution in [-0.2, 0) is 11.3 Å². The van der Waals surface area contributed by atoms with Crippen molar-refractivity contribution in [1.29, 1.82) is 0 Å². The molecule has 1 aromatic heterocycles. The van der Waals surface area contributed by atoms with Crippen molar-refractivity contribution in [3.8, 4) is 0 Å². The number of nitrogens with zero attached hydrogens (tertiary/aromatic N) is 3. The van der Waals surface area contributed by atoms with Crippen LogP contribution in [0.3, 0.4) is 0 Å². The topological polar surface area (TPSA) is 89.0 Å². The second-order valence-corrected chi connectivity index (χ2v) is 5.68. The molecule has 0 aliphatic carbocycles. The Balaban J connectivity index is 1.74. The first-order valence-electron chi connectivity index (χ1n) is 7.78. The van der Waals surface area contributed by atoms with Gasteiger partial charge in [0, 0.05) is 11.6 Å². The highest BCUT2D eigenvalue weighted by Crippen LogP contribution is 2.21. The van der Waals surface area contributed by atoms with Gasteiger partial charge in [-0.05, 0) is 23.8 Å². The predicted octanol–water partition coefficient (Wildman–Crippen LogP) is 3.67. The molecule has 0 aliphatic rings. The van der Waals surface area contributed by atoms with Gasteiger partial charge in [0.1, 0.15) is 0 Å². The van der Waals surface area contributed by atoms with E-state index in [0.29, 0.717) is 34.6 Å². The second kappa shape index (κ2) is 8.26. The molecule has 0 amide bonds. The maximum absolute atomic E-state index is 11.8. The predicted molar refractivity (Wildman–Crippen MR) is 99.7 cm³/mol. The number of nitrogens with one attached hydrogen (secondary N) is 2. The van der Waals surface area contributed by atoms with Gasteiger partial charge in [-0.2, -0.15) is 10.1 Å². The molecule has 2 N–H and O–H groups in total. The lowest BCUT2D eigenvalue weighted by atomic mass is 10.2. The fraction of sp³-hybridized carbons (Fsp3) is 0.111. The van der Waals surface area contributed by atoms with Crippen LogP contribution in [0.15, 0.2) is 54.7 Å². The number of hydrogen-bond donors (Lipinski definition) is 2. The minimum Gasteiger partial charge on any atom is -0.465 e. The Kier molecular flexibility index (Phi) is 5.60. The van der Waals surface area contributed by atoms with Crippen molar-refractivity contribution >= 4 is 35.0 Å². The molecule has 0 unspecified atom stereocenters. The number of carbonyl (C=O) groups is 1. The standard InChI is InChI=1S/C18H16ClN5O2/c1-26-17(25)13-7-3-5-9-15(13)22-16-11-21-24-18(23-16)20-10-12-6-2-4-8-14(12)19/h2-9,11H,10H2,1H3,(H2,20,22,23,24). The molecule has 0 saturated carbocycles. The van der Waals surface area contributed by atoms with Crippen LogP contribution in [-0.4, -0.2) is 28.3 Å². The zero-order chi connectivity index (χ0) is 18.4. The Morgan fingerprint density at radius 2 is 1.92 bits per heavy atom. The van der Waals surface area contributed by atoms with Crippen LogP contribution in [0.4, 0.5) is 17.5 Å². The smallest absolute Gasteiger partial charge is 0.339 e. The lowest BCUT2D eigenvalue weighted by molar-refractivity contribution is 0.0602. The summed E-state index contributed by atoms with van der Waals surface area (Å²) in [5.41, 5.74) is 1.89. The molecule has 0 aliphatic heterocycles. The molecular weight excluding hydrogens is 354 g/mol. The van der Waals surface area contributed by atoms with E-state index in [1.54, 1.807) is 24.3 Å². The Morgan fingerprint density at radius 3 is 2.73 bits per heavy atom. The molecule has 1 heterocycles. The normalized spacial score (nSPS) is 10.2. The van der Waals surface area contributed by atoms with Crippen molar-refractivity contribution in [2.75, 3.05) is 17.7 Å². The Morgan fingerprint density at radius 1 is 1.15 bits per heavy atom. The Bertz CT molecular complexity index is 919. The van der Waals surface area contributed by atoms with Gasteiger partial charge in [-0.15, -0.1) is 5.10 Å². The molecule has 0 radical (unpaired) electrons. The summed E-state index contributed by atoms with van der Waals surface area (Å²) in [4.78, 5) is 16.2. The number of aromatic nitrogens is 3. The highest BCUT2D eigenvalue weighted by molar-refractivity contribution is 6.31. The number of anilines is 3. The van der Waals surface area contributed by atoms with Crippen LogP contribution < -0.4 is 10.6 Å². The number of hydrogen-bond acceptors (Lipinski definition) is 7.